The number of likely N-dealkylation sites (tertiary alicyclic amines) is 1. The Balaban J connectivity index is 1.71. The molecule has 1 fully saturated rings. The average molecular weight is 407 g/mol. The second-order valence-electron chi connectivity index (χ2n) is 6.77. The van der Waals surface area contributed by atoms with Crippen molar-refractivity contribution >= 4 is 15.7 Å². The molecule has 3 rings (SSSR count). The number of rotatable bonds is 7. The van der Waals surface area contributed by atoms with Crippen molar-refractivity contribution in [1.82, 2.24) is 4.90 Å². The Bertz CT molecular complexity index is 891. The molecule has 0 amide bonds. The predicted octanol–water partition coefficient (Wildman–Crippen LogP) is 2.98. The van der Waals surface area contributed by atoms with E-state index < -0.39 is 10.0 Å². The molecule has 0 aromatic heterocycles. The van der Waals surface area contributed by atoms with Crippen molar-refractivity contribution in [3.63, 3.8) is 0 Å². The molecule has 1 saturated heterocycles. The van der Waals surface area contributed by atoms with Crippen molar-refractivity contribution in [1.29, 1.82) is 0 Å². The van der Waals surface area contributed by atoms with Crippen LogP contribution in [0.2, 0.25) is 0 Å². The first-order valence-corrected chi connectivity index (χ1v) is 10.6. The third-order valence-corrected chi connectivity index (χ3v) is 6.14. The van der Waals surface area contributed by atoms with E-state index in [0.717, 1.165) is 31.7 Å². The van der Waals surface area contributed by atoms with Crippen molar-refractivity contribution in [3.05, 3.63) is 42.5 Å². The monoisotopic (exact) mass is 406 g/mol. The van der Waals surface area contributed by atoms with Crippen LogP contribution >= 0.6 is 0 Å². The van der Waals surface area contributed by atoms with E-state index in [4.69, 9.17) is 14.2 Å². The van der Waals surface area contributed by atoms with Gasteiger partial charge in [-0.3, -0.25) is 4.72 Å². The molecule has 0 radical (unpaired) electrons. The molecule has 0 unspecified atom stereocenters. The molecule has 1 aliphatic heterocycles. The molecular weight excluding hydrogens is 380 g/mol. The molecule has 2 aromatic rings. The van der Waals surface area contributed by atoms with Gasteiger partial charge in [-0.1, -0.05) is 0 Å². The first-order valence-electron chi connectivity index (χ1n) is 9.11. The highest BCUT2D eigenvalue weighted by molar-refractivity contribution is 7.92. The fourth-order valence-electron chi connectivity index (χ4n) is 3.10. The number of hydrogen-bond acceptors (Lipinski definition) is 6. The second-order valence-corrected chi connectivity index (χ2v) is 8.42. The van der Waals surface area contributed by atoms with Gasteiger partial charge >= 0.3 is 0 Å². The topological polar surface area (TPSA) is 77.1 Å². The van der Waals surface area contributed by atoms with E-state index in [-0.39, 0.29) is 16.7 Å². The lowest BCUT2D eigenvalue weighted by Gasteiger charge is -2.29. The molecule has 0 aliphatic carbocycles. The third-order valence-electron chi connectivity index (χ3n) is 4.74. The van der Waals surface area contributed by atoms with Gasteiger partial charge in [0.2, 0.25) is 0 Å². The normalized spacial score (nSPS) is 15.8. The highest BCUT2D eigenvalue weighted by Gasteiger charge is 2.21. The van der Waals surface area contributed by atoms with E-state index in [1.807, 2.05) is 0 Å². The summed E-state index contributed by atoms with van der Waals surface area (Å²) in [6.07, 6.45) is 2.17. The first-order chi connectivity index (χ1) is 13.4. The third kappa shape index (κ3) is 4.88. The van der Waals surface area contributed by atoms with Crippen LogP contribution in [-0.4, -0.2) is 53.8 Å². The molecule has 152 valence electrons. The number of nitrogens with zero attached hydrogens (tertiary/aromatic N) is 1. The Morgan fingerprint density at radius 1 is 0.964 bits per heavy atom. The van der Waals surface area contributed by atoms with E-state index in [9.17, 15) is 8.42 Å². The fraction of sp³-hybridized carbons (Fsp3) is 0.400. The number of benzene rings is 2. The largest absolute Gasteiger partial charge is 0.497 e. The summed E-state index contributed by atoms with van der Waals surface area (Å²) in [6, 6.07) is 11.6. The molecule has 8 heteroatoms. The lowest BCUT2D eigenvalue weighted by molar-refractivity contribution is 0.114. The molecule has 0 saturated carbocycles. The van der Waals surface area contributed by atoms with Gasteiger partial charge < -0.3 is 19.1 Å². The van der Waals surface area contributed by atoms with Gasteiger partial charge in [-0.25, -0.2) is 8.42 Å². The Labute approximate surface area is 166 Å². The Kier molecular flexibility index (Phi) is 6.31. The number of hydrogen-bond donors (Lipinski definition) is 1. The van der Waals surface area contributed by atoms with E-state index >= 15 is 0 Å². The summed E-state index contributed by atoms with van der Waals surface area (Å²) in [5, 5.41) is 0. The SMILES string of the molecule is COc1ccc(OC)c(S(=O)(=O)Nc2ccc(OC3CCN(C)CC3)cc2)c1. The molecule has 1 aliphatic rings. The van der Waals surface area contributed by atoms with Gasteiger partial charge in [-0.05, 0) is 56.3 Å². The Hall–Kier alpha value is -2.45. The molecule has 0 bridgehead atoms. The number of ether oxygens (including phenoxy) is 3. The Morgan fingerprint density at radius 3 is 2.21 bits per heavy atom. The number of anilines is 1. The summed E-state index contributed by atoms with van der Waals surface area (Å²) in [6.45, 7) is 2.04. The van der Waals surface area contributed by atoms with Crippen molar-refractivity contribution in [2.75, 3.05) is 39.1 Å². The van der Waals surface area contributed by atoms with Crippen molar-refractivity contribution < 1.29 is 22.6 Å². The lowest BCUT2D eigenvalue weighted by atomic mass is 10.1. The van der Waals surface area contributed by atoms with Crippen LogP contribution < -0.4 is 18.9 Å². The van der Waals surface area contributed by atoms with Gasteiger partial charge in [0.15, 0.2) is 0 Å². The molecule has 7 nitrogen and oxygen atoms in total. The summed E-state index contributed by atoms with van der Waals surface area (Å²) < 4.78 is 44.5. The molecule has 28 heavy (non-hydrogen) atoms. The zero-order valence-corrected chi connectivity index (χ0v) is 17.2. The maximum Gasteiger partial charge on any atom is 0.265 e. The summed E-state index contributed by atoms with van der Waals surface area (Å²) in [5.41, 5.74) is 0.445. The summed E-state index contributed by atoms with van der Waals surface area (Å²) in [5.74, 6) is 1.41. The minimum atomic E-state index is -3.84. The minimum Gasteiger partial charge on any atom is -0.497 e. The first kappa shape index (κ1) is 20.3. The number of piperidine rings is 1. The molecule has 2 aromatic carbocycles. The zero-order valence-electron chi connectivity index (χ0n) is 16.3. The fourth-order valence-corrected chi connectivity index (χ4v) is 4.34. The van der Waals surface area contributed by atoms with Crippen molar-refractivity contribution in [2.24, 2.45) is 0 Å². The number of nitrogens with one attached hydrogen (secondary N) is 1. The molecule has 0 spiro atoms. The van der Waals surface area contributed by atoms with Gasteiger partial charge in [0.1, 0.15) is 28.2 Å². The highest BCUT2D eigenvalue weighted by Crippen LogP contribution is 2.30. The standard InChI is InChI=1S/C20H26N2O5S/c1-22-12-10-17(11-13-22)27-16-6-4-15(5-7-16)21-28(23,24)20-14-18(25-2)8-9-19(20)26-3/h4-9,14,17,21H,10-13H2,1-3H3. The van der Waals surface area contributed by atoms with Crippen LogP contribution in [0.3, 0.4) is 0 Å². The number of methoxy groups -OCH3 is 2. The van der Waals surface area contributed by atoms with Gasteiger partial charge in [0.25, 0.3) is 10.0 Å². The summed E-state index contributed by atoms with van der Waals surface area (Å²) >= 11 is 0. The van der Waals surface area contributed by atoms with Crippen molar-refractivity contribution in [3.8, 4) is 17.2 Å². The van der Waals surface area contributed by atoms with Crippen molar-refractivity contribution in [2.45, 2.75) is 23.8 Å². The van der Waals surface area contributed by atoms with Crippen LogP contribution in [-0.2, 0) is 10.0 Å². The highest BCUT2D eigenvalue weighted by atomic mass is 32.2. The van der Waals surface area contributed by atoms with Crippen LogP contribution in [0.4, 0.5) is 5.69 Å². The van der Waals surface area contributed by atoms with Crippen LogP contribution in [0.5, 0.6) is 17.2 Å². The second kappa shape index (κ2) is 8.70. The maximum absolute atomic E-state index is 12.8. The summed E-state index contributed by atoms with van der Waals surface area (Å²) in [4.78, 5) is 2.30. The number of sulfonamides is 1. The lowest BCUT2D eigenvalue weighted by Crippen LogP contribution is -2.35. The van der Waals surface area contributed by atoms with Crippen LogP contribution in [0.15, 0.2) is 47.4 Å². The smallest absolute Gasteiger partial charge is 0.265 e. The maximum atomic E-state index is 12.8. The summed E-state index contributed by atoms with van der Waals surface area (Å²) in [7, 11) is 1.18. The van der Waals surface area contributed by atoms with E-state index in [0.29, 0.717) is 11.4 Å². The van der Waals surface area contributed by atoms with E-state index in [1.165, 1.54) is 20.3 Å². The van der Waals surface area contributed by atoms with Crippen LogP contribution in [0.1, 0.15) is 12.8 Å². The van der Waals surface area contributed by atoms with E-state index in [1.54, 1.807) is 36.4 Å². The van der Waals surface area contributed by atoms with Crippen LogP contribution in [0.25, 0.3) is 0 Å². The van der Waals surface area contributed by atoms with E-state index in [2.05, 4.69) is 16.7 Å². The van der Waals surface area contributed by atoms with Gasteiger partial charge in [-0.15, -0.1) is 0 Å². The molecular formula is C20H26N2O5S. The molecule has 1 N–H and O–H groups in total. The van der Waals surface area contributed by atoms with Gasteiger partial charge in [0, 0.05) is 24.8 Å². The Morgan fingerprint density at radius 2 is 1.61 bits per heavy atom. The minimum absolute atomic E-state index is 0.0148. The quantitative estimate of drug-likeness (QED) is 0.762. The average Bonchev–Trinajstić information content (AvgIpc) is 2.70. The van der Waals surface area contributed by atoms with Crippen LogP contribution in [0, 0.1) is 0 Å². The molecule has 1 heterocycles. The molecule has 0 atom stereocenters. The van der Waals surface area contributed by atoms with Gasteiger partial charge in [-0.2, -0.15) is 0 Å². The predicted molar refractivity (Wildman–Crippen MR) is 108 cm³/mol. The zero-order chi connectivity index (χ0) is 20.1. The van der Waals surface area contributed by atoms with Gasteiger partial charge in [0.05, 0.1) is 14.2 Å².